The molecule has 186 valence electrons. The van der Waals surface area contributed by atoms with Crippen LogP contribution in [0.15, 0.2) is 63.7 Å². The highest BCUT2D eigenvalue weighted by Crippen LogP contribution is 2.40. The molecule has 0 bridgehead atoms. The van der Waals surface area contributed by atoms with Crippen molar-refractivity contribution < 1.29 is 18.3 Å². The molecule has 0 aliphatic rings. The van der Waals surface area contributed by atoms with Gasteiger partial charge in [-0.1, -0.05) is 0 Å². The molecule has 3 aromatic carbocycles. The van der Waals surface area contributed by atoms with Gasteiger partial charge in [-0.15, -0.1) is 5.11 Å². The van der Waals surface area contributed by atoms with Gasteiger partial charge in [0.1, 0.15) is 11.5 Å². The molecular weight excluding hydrogens is 527 g/mol. The van der Waals surface area contributed by atoms with Gasteiger partial charge in [-0.05, 0) is 84.9 Å². The van der Waals surface area contributed by atoms with E-state index in [1.54, 1.807) is 32.0 Å². The summed E-state index contributed by atoms with van der Waals surface area (Å²) in [5, 5.41) is 20.5. The molecule has 1 heterocycles. The average molecular weight is 547 g/mol. The number of sulfone groups is 1. The summed E-state index contributed by atoms with van der Waals surface area (Å²) in [6.07, 6.45) is 0. The monoisotopic (exact) mass is 546 g/mol. The van der Waals surface area contributed by atoms with E-state index < -0.39 is 15.8 Å². The second-order valence-corrected chi connectivity index (χ2v) is 10.4. The Bertz CT molecular complexity index is 1560. The van der Waals surface area contributed by atoms with E-state index in [9.17, 15) is 13.5 Å². The van der Waals surface area contributed by atoms with E-state index in [0.29, 0.717) is 33.5 Å². The second kappa shape index (κ2) is 10.3. The van der Waals surface area contributed by atoms with E-state index in [0.717, 1.165) is 0 Å². The van der Waals surface area contributed by atoms with Crippen LogP contribution in [-0.4, -0.2) is 41.5 Å². The van der Waals surface area contributed by atoms with Gasteiger partial charge in [-0.3, -0.25) is 0 Å². The van der Waals surface area contributed by atoms with Crippen molar-refractivity contribution in [2.24, 2.45) is 10.2 Å². The summed E-state index contributed by atoms with van der Waals surface area (Å²) in [4.78, 5) is 12.3. The summed E-state index contributed by atoms with van der Waals surface area (Å²) >= 11 is 12.4. The maximum atomic E-state index is 12.1. The number of aromatic hydroxyl groups is 1. The van der Waals surface area contributed by atoms with Crippen molar-refractivity contribution in [3.8, 4) is 5.75 Å². The number of benzene rings is 3. The Labute approximate surface area is 217 Å². The summed E-state index contributed by atoms with van der Waals surface area (Å²) in [5.41, 5.74) is 1.93. The first kappa shape index (κ1) is 25.7. The number of methoxy groups -OCH3 is 1. The number of aryl methyl sites for hydroxylation is 2. The molecule has 36 heavy (non-hydrogen) atoms. The topological polar surface area (TPSA) is 130 Å². The first-order valence-corrected chi connectivity index (χ1v) is 12.8. The fourth-order valence-corrected chi connectivity index (χ4v) is 4.82. The molecule has 0 aliphatic heterocycles. The number of ether oxygens (including phenoxy) is 1. The van der Waals surface area contributed by atoms with Crippen molar-refractivity contribution in [2.75, 3.05) is 17.5 Å². The maximum absolute atomic E-state index is 12.1. The fraction of sp³-hybridized carbons (Fsp3) is 0.174. The van der Waals surface area contributed by atoms with Crippen molar-refractivity contribution in [2.45, 2.75) is 18.7 Å². The van der Waals surface area contributed by atoms with Crippen LogP contribution >= 0.6 is 23.4 Å². The second-order valence-electron chi connectivity index (χ2n) is 7.74. The van der Waals surface area contributed by atoms with Gasteiger partial charge in [0.15, 0.2) is 11.7 Å². The molecule has 4 rings (SSSR count). The number of rotatable bonds is 7. The molecule has 10 nitrogen and oxygen atoms in total. The summed E-state index contributed by atoms with van der Waals surface area (Å²) in [7, 11) is -2.21. The largest absolute Gasteiger partial charge is 0.505 e. The van der Waals surface area contributed by atoms with Gasteiger partial charge in [0.05, 0.1) is 16.3 Å². The van der Waals surface area contributed by atoms with E-state index in [1.165, 1.54) is 35.8 Å². The van der Waals surface area contributed by atoms with Gasteiger partial charge in [-0.2, -0.15) is 15.1 Å². The lowest BCUT2D eigenvalue weighted by Gasteiger charge is -2.15. The minimum Gasteiger partial charge on any atom is -0.505 e. The predicted molar refractivity (Wildman–Crippen MR) is 138 cm³/mol. The van der Waals surface area contributed by atoms with Crippen LogP contribution < -0.4 is 4.42 Å². The highest BCUT2D eigenvalue weighted by Gasteiger charge is 2.16. The Morgan fingerprint density at radius 3 is 2.42 bits per heavy atom. The van der Waals surface area contributed by atoms with Crippen molar-refractivity contribution >= 4 is 67.0 Å². The maximum Gasteiger partial charge on any atom is 0.249 e. The Balaban J connectivity index is 1.64. The highest BCUT2D eigenvalue weighted by atomic mass is 35.5. The van der Waals surface area contributed by atoms with Crippen molar-refractivity contribution in [3.05, 3.63) is 65.2 Å². The van der Waals surface area contributed by atoms with Gasteiger partial charge < -0.3 is 9.84 Å². The van der Waals surface area contributed by atoms with Crippen molar-refractivity contribution in [1.29, 1.82) is 0 Å². The summed E-state index contributed by atoms with van der Waals surface area (Å²) in [6.45, 7) is 3.46. The molecule has 0 amide bonds. The third kappa shape index (κ3) is 5.39. The average Bonchev–Trinajstić information content (AvgIpc) is 2.82. The molecule has 0 unspecified atom stereocenters. The zero-order valence-electron chi connectivity index (χ0n) is 19.3. The first-order valence-electron chi connectivity index (χ1n) is 10.4. The molecule has 0 aliphatic carbocycles. The minimum absolute atomic E-state index is 0.0265. The molecule has 0 fully saturated rings. The van der Waals surface area contributed by atoms with Crippen LogP contribution in [0.5, 0.6) is 5.75 Å². The highest BCUT2D eigenvalue weighted by molar-refractivity contribution is 7.91. The van der Waals surface area contributed by atoms with Crippen LogP contribution in [0.4, 0.5) is 23.0 Å². The van der Waals surface area contributed by atoms with Gasteiger partial charge in [0, 0.05) is 24.3 Å². The molecule has 1 aromatic heterocycles. The molecule has 1 N–H and O–H groups in total. The number of nitrogens with zero attached hydrogens (tertiary/aromatic N) is 6. The van der Waals surface area contributed by atoms with Crippen LogP contribution in [0.1, 0.15) is 11.4 Å². The van der Waals surface area contributed by atoms with Gasteiger partial charge >= 0.3 is 0 Å². The fourth-order valence-electron chi connectivity index (χ4n) is 3.44. The number of hydrogen-bond acceptors (Lipinski definition) is 10. The number of halogens is 2. The lowest BCUT2D eigenvalue weighted by Crippen LogP contribution is -2.08. The number of hydrogen-bond donors (Lipinski definition) is 1. The number of anilines is 2. The quantitative estimate of drug-likeness (QED) is 0.217. The van der Waals surface area contributed by atoms with E-state index in [4.69, 9.17) is 28.1 Å². The third-order valence-electron chi connectivity index (χ3n) is 5.10. The number of phenolic OH excluding ortho intramolecular Hbond substituents is 1. The lowest BCUT2D eigenvalue weighted by atomic mass is 10.0. The third-order valence-corrected chi connectivity index (χ3v) is 7.16. The van der Waals surface area contributed by atoms with Crippen LogP contribution in [0.2, 0.25) is 5.28 Å². The van der Waals surface area contributed by atoms with Crippen LogP contribution in [-0.2, 0) is 14.6 Å². The van der Waals surface area contributed by atoms with Crippen molar-refractivity contribution in [3.63, 3.8) is 0 Å². The smallest absolute Gasteiger partial charge is 0.249 e. The molecule has 0 atom stereocenters. The van der Waals surface area contributed by atoms with Crippen molar-refractivity contribution in [1.82, 2.24) is 15.0 Å². The summed E-state index contributed by atoms with van der Waals surface area (Å²) < 4.78 is 30.1. The van der Waals surface area contributed by atoms with Gasteiger partial charge in [-0.25, -0.2) is 17.8 Å². The Morgan fingerprint density at radius 2 is 1.75 bits per heavy atom. The number of azo groups is 1. The Morgan fingerprint density at radius 1 is 1.03 bits per heavy atom. The summed E-state index contributed by atoms with van der Waals surface area (Å²) in [5.74, 6) is 0.122. The van der Waals surface area contributed by atoms with Crippen LogP contribution in [0.25, 0.3) is 10.8 Å². The normalized spacial score (nSPS) is 11.9. The zero-order valence-corrected chi connectivity index (χ0v) is 21.7. The molecule has 4 aromatic rings. The predicted octanol–water partition coefficient (Wildman–Crippen LogP) is 6.09. The van der Waals surface area contributed by atoms with E-state index >= 15 is 0 Å². The minimum atomic E-state index is -3.53. The lowest BCUT2D eigenvalue weighted by molar-refractivity contribution is 0.250. The van der Waals surface area contributed by atoms with E-state index in [2.05, 4.69) is 25.2 Å². The van der Waals surface area contributed by atoms with Crippen LogP contribution in [0.3, 0.4) is 0 Å². The Hall–Kier alpha value is -3.38. The number of aromatic nitrogens is 3. The molecular formula is C23H20Cl2N6O4S. The molecule has 0 saturated heterocycles. The first-order chi connectivity index (χ1) is 17.1. The zero-order chi connectivity index (χ0) is 26.0. The van der Waals surface area contributed by atoms with E-state index in [1.807, 2.05) is 6.07 Å². The molecule has 0 radical (unpaired) electrons. The molecule has 0 spiro atoms. The number of fused-ring (bicyclic) bond motifs is 1. The number of phenols is 1. The molecule has 0 saturated carbocycles. The van der Waals surface area contributed by atoms with Gasteiger partial charge in [0.25, 0.3) is 0 Å². The summed E-state index contributed by atoms with van der Waals surface area (Å²) in [6, 6.07) is 12.9. The SMILES string of the molecule is COCS(=O)(=O)c1ccc(N=Nc2c(C)cc3cc(N(Cl)c4nc(C)nc(Cl)n4)ccc3c2O)cc1. The Kier molecular flexibility index (Phi) is 7.36. The van der Waals surface area contributed by atoms with Gasteiger partial charge in [0.2, 0.25) is 21.1 Å². The standard InChI is InChI=1S/C23H20Cl2N6O4S/c1-13-10-15-11-17(31(25)23-27-14(2)26-22(24)28-23)6-9-19(15)21(32)20(13)30-29-16-4-7-18(8-5-16)36(33,34)12-35-3/h4-11,32H,12H2,1-3H3. The molecule has 13 heteroatoms. The van der Waals surface area contributed by atoms with Crippen LogP contribution in [0, 0.1) is 13.8 Å². The van der Waals surface area contributed by atoms with E-state index in [-0.39, 0.29) is 27.6 Å².